The highest BCUT2D eigenvalue weighted by molar-refractivity contribution is 6.34. The molecule has 1 amide bonds. The maximum Gasteiger partial charge on any atom is 0.271 e. The van der Waals surface area contributed by atoms with Gasteiger partial charge in [0, 0.05) is 23.1 Å². The molecule has 0 saturated heterocycles. The van der Waals surface area contributed by atoms with Crippen LogP contribution in [0.2, 0.25) is 10.0 Å². The van der Waals surface area contributed by atoms with Gasteiger partial charge in [-0.3, -0.25) is 14.9 Å². The van der Waals surface area contributed by atoms with Crippen LogP contribution in [-0.2, 0) is 0 Å². The average molecular weight is 504 g/mol. The van der Waals surface area contributed by atoms with Gasteiger partial charge in [0.25, 0.3) is 11.6 Å². The Kier molecular flexibility index (Phi) is 5.94. The Morgan fingerprint density at radius 2 is 1.63 bits per heavy atom. The molecule has 5 rings (SSSR count). The second kappa shape index (κ2) is 9.21. The van der Waals surface area contributed by atoms with Gasteiger partial charge in [-0.15, -0.1) is 0 Å². The molecular formula is C26H15Cl2N3O4. The van der Waals surface area contributed by atoms with Crippen LogP contribution in [0.25, 0.3) is 33.7 Å². The van der Waals surface area contributed by atoms with Crippen LogP contribution >= 0.6 is 23.2 Å². The second-order valence-corrected chi connectivity index (χ2v) is 8.41. The number of nitrogens with zero attached hydrogens (tertiary/aromatic N) is 2. The lowest BCUT2D eigenvalue weighted by atomic mass is 10.1. The summed E-state index contributed by atoms with van der Waals surface area (Å²) in [6, 6.07) is 23.6. The molecule has 0 aliphatic carbocycles. The number of halogens is 2. The van der Waals surface area contributed by atoms with E-state index >= 15 is 0 Å². The van der Waals surface area contributed by atoms with Gasteiger partial charge in [-0.1, -0.05) is 53.5 Å². The van der Waals surface area contributed by atoms with Crippen molar-refractivity contribution >= 4 is 51.4 Å². The Labute approximate surface area is 209 Å². The largest absolute Gasteiger partial charge is 0.454 e. The van der Waals surface area contributed by atoms with Crippen molar-refractivity contribution in [2.75, 3.05) is 5.32 Å². The van der Waals surface area contributed by atoms with Crippen LogP contribution in [0.15, 0.2) is 89.3 Å². The number of hydrogen-bond acceptors (Lipinski definition) is 5. The monoisotopic (exact) mass is 503 g/mol. The molecule has 0 spiro atoms. The van der Waals surface area contributed by atoms with E-state index in [4.69, 9.17) is 27.6 Å². The Morgan fingerprint density at radius 1 is 0.886 bits per heavy atom. The quantitative estimate of drug-likeness (QED) is 0.196. The fraction of sp³-hybridized carbons (Fsp3) is 0. The van der Waals surface area contributed by atoms with Gasteiger partial charge in [0.15, 0.2) is 5.76 Å². The fourth-order valence-corrected chi connectivity index (χ4v) is 4.13. The lowest BCUT2D eigenvalue weighted by Crippen LogP contribution is -2.13. The molecule has 2 aromatic heterocycles. The van der Waals surface area contributed by atoms with E-state index in [1.165, 1.54) is 18.2 Å². The zero-order valence-electron chi connectivity index (χ0n) is 17.9. The normalized spacial score (nSPS) is 10.9. The SMILES string of the molecule is O=C(Nc1ccc([N+](=O)[O-])cc1Cl)c1cc(-c2ccc(-c3ccccc3Cl)o2)nc2ccccc12. The first-order valence-electron chi connectivity index (χ1n) is 10.4. The van der Waals surface area contributed by atoms with E-state index in [9.17, 15) is 14.9 Å². The van der Waals surface area contributed by atoms with Crippen LogP contribution in [-0.4, -0.2) is 15.8 Å². The number of furan rings is 1. The van der Waals surface area contributed by atoms with E-state index in [1.807, 2.05) is 30.3 Å². The number of nitrogens with one attached hydrogen (secondary N) is 1. The molecule has 9 heteroatoms. The molecule has 2 heterocycles. The van der Waals surface area contributed by atoms with Crippen molar-refractivity contribution in [2.24, 2.45) is 0 Å². The first-order chi connectivity index (χ1) is 16.9. The van der Waals surface area contributed by atoms with Crippen LogP contribution in [0.5, 0.6) is 0 Å². The second-order valence-electron chi connectivity index (χ2n) is 7.59. The number of nitro benzene ring substituents is 1. The number of anilines is 1. The Bertz CT molecular complexity index is 1610. The van der Waals surface area contributed by atoms with Gasteiger partial charge < -0.3 is 9.73 Å². The molecule has 7 nitrogen and oxygen atoms in total. The average Bonchev–Trinajstić information content (AvgIpc) is 3.35. The van der Waals surface area contributed by atoms with Gasteiger partial charge in [-0.05, 0) is 42.5 Å². The number of non-ortho nitro benzene ring substituents is 1. The van der Waals surface area contributed by atoms with E-state index in [0.717, 1.165) is 5.56 Å². The zero-order chi connectivity index (χ0) is 24.5. The first kappa shape index (κ1) is 22.6. The van der Waals surface area contributed by atoms with E-state index in [1.54, 1.807) is 36.4 Å². The lowest BCUT2D eigenvalue weighted by Gasteiger charge is -2.11. The number of pyridine rings is 1. The maximum absolute atomic E-state index is 13.3. The molecule has 172 valence electrons. The van der Waals surface area contributed by atoms with E-state index in [-0.39, 0.29) is 16.4 Å². The van der Waals surface area contributed by atoms with E-state index < -0.39 is 10.8 Å². The number of carbonyl (C=O) groups is 1. The summed E-state index contributed by atoms with van der Waals surface area (Å²) in [6.45, 7) is 0. The highest BCUT2D eigenvalue weighted by Crippen LogP contribution is 2.34. The molecule has 0 atom stereocenters. The minimum absolute atomic E-state index is 0.0570. The molecule has 0 saturated carbocycles. The highest BCUT2D eigenvalue weighted by atomic mass is 35.5. The van der Waals surface area contributed by atoms with Crippen molar-refractivity contribution in [3.8, 4) is 22.8 Å². The summed E-state index contributed by atoms with van der Waals surface area (Å²) in [5.74, 6) is 0.593. The molecule has 35 heavy (non-hydrogen) atoms. The number of rotatable bonds is 5. The molecule has 1 N–H and O–H groups in total. The van der Waals surface area contributed by atoms with Crippen molar-refractivity contribution in [2.45, 2.75) is 0 Å². The van der Waals surface area contributed by atoms with Crippen LogP contribution in [0, 0.1) is 10.1 Å². The maximum atomic E-state index is 13.3. The standard InChI is InChI=1S/C26H15Cl2N3O4/c27-19-7-3-1-6-17(19)24-11-12-25(35-24)23-14-18(16-5-2-4-8-21(16)29-23)26(32)30-22-10-9-15(31(33)34)13-20(22)28/h1-14H,(H,30,32). The third kappa shape index (κ3) is 4.47. The predicted molar refractivity (Wildman–Crippen MR) is 136 cm³/mol. The van der Waals surface area contributed by atoms with Crippen molar-refractivity contribution in [3.05, 3.63) is 111 Å². The Morgan fingerprint density at radius 3 is 2.40 bits per heavy atom. The van der Waals surface area contributed by atoms with Crippen LogP contribution in [0.4, 0.5) is 11.4 Å². The molecule has 0 fully saturated rings. The van der Waals surface area contributed by atoms with Crippen LogP contribution < -0.4 is 5.32 Å². The van der Waals surface area contributed by atoms with E-state index in [2.05, 4.69) is 10.3 Å². The highest BCUT2D eigenvalue weighted by Gasteiger charge is 2.18. The number of carbonyl (C=O) groups excluding carboxylic acids is 1. The fourth-order valence-electron chi connectivity index (χ4n) is 3.68. The molecule has 0 unspecified atom stereocenters. The summed E-state index contributed by atoms with van der Waals surface area (Å²) in [6.07, 6.45) is 0. The number of fused-ring (bicyclic) bond motifs is 1. The topological polar surface area (TPSA) is 98.3 Å². The lowest BCUT2D eigenvalue weighted by molar-refractivity contribution is -0.384. The third-order valence-corrected chi connectivity index (χ3v) is 6.01. The molecule has 0 aliphatic rings. The molecule has 0 radical (unpaired) electrons. The molecular weight excluding hydrogens is 489 g/mol. The number of hydrogen-bond donors (Lipinski definition) is 1. The van der Waals surface area contributed by atoms with Crippen molar-refractivity contribution in [1.29, 1.82) is 0 Å². The minimum atomic E-state index is -0.555. The number of amides is 1. The zero-order valence-corrected chi connectivity index (χ0v) is 19.4. The van der Waals surface area contributed by atoms with Gasteiger partial charge in [0.2, 0.25) is 0 Å². The van der Waals surface area contributed by atoms with Crippen molar-refractivity contribution < 1.29 is 14.1 Å². The van der Waals surface area contributed by atoms with Gasteiger partial charge in [0.05, 0.1) is 31.7 Å². The Balaban J connectivity index is 1.54. The summed E-state index contributed by atoms with van der Waals surface area (Å²) in [5.41, 5.74) is 2.23. The molecule has 3 aromatic carbocycles. The van der Waals surface area contributed by atoms with Crippen LogP contribution in [0.1, 0.15) is 10.4 Å². The molecule has 0 bridgehead atoms. The summed E-state index contributed by atoms with van der Waals surface area (Å²) in [4.78, 5) is 28.4. The number of para-hydroxylation sites is 1. The smallest absolute Gasteiger partial charge is 0.271 e. The number of nitro groups is 1. The summed E-state index contributed by atoms with van der Waals surface area (Å²) < 4.78 is 6.03. The van der Waals surface area contributed by atoms with Gasteiger partial charge in [-0.25, -0.2) is 4.98 Å². The van der Waals surface area contributed by atoms with Gasteiger partial charge in [-0.2, -0.15) is 0 Å². The van der Waals surface area contributed by atoms with Gasteiger partial charge >= 0.3 is 0 Å². The van der Waals surface area contributed by atoms with Crippen molar-refractivity contribution in [3.63, 3.8) is 0 Å². The summed E-state index contributed by atoms with van der Waals surface area (Å²) >= 11 is 12.5. The summed E-state index contributed by atoms with van der Waals surface area (Å²) in [5, 5.41) is 14.9. The summed E-state index contributed by atoms with van der Waals surface area (Å²) in [7, 11) is 0. The van der Waals surface area contributed by atoms with Crippen LogP contribution in [0.3, 0.4) is 0 Å². The molecule has 0 aliphatic heterocycles. The third-order valence-electron chi connectivity index (χ3n) is 5.37. The van der Waals surface area contributed by atoms with Crippen molar-refractivity contribution in [1.82, 2.24) is 4.98 Å². The number of aromatic nitrogens is 1. The molecule has 5 aromatic rings. The minimum Gasteiger partial charge on any atom is -0.454 e. The Hall–Kier alpha value is -4.20. The predicted octanol–water partition coefficient (Wildman–Crippen LogP) is 7.63. The number of benzene rings is 3. The first-order valence-corrected chi connectivity index (χ1v) is 11.2. The van der Waals surface area contributed by atoms with Gasteiger partial charge in [0.1, 0.15) is 11.5 Å². The van der Waals surface area contributed by atoms with E-state index in [0.29, 0.717) is 38.7 Å².